The molecule has 0 saturated carbocycles. The van der Waals surface area contributed by atoms with Crippen LogP contribution < -0.4 is 4.52 Å². The molecule has 0 aliphatic heterocycles. The van der Waals surface area contributed by atoms with E-state index in [-0.39, 0.29) is 19.1 Å². The minimum atomic E-state index is -3.80. The van der Waals surface area contributed by atoms with Crippen molar-refractivity contribution in [1.82, 2.24) is 9.97 Å². The van der Waals surface area contributed by atoms with Crippen LogP contribution in [0.15, 0.2) is 6.07 Å². The standard InChI is InChI=1S/C8H13N2O5PS/c1-13-4-6-3-8(15-16(11,12)17)10-7(9-6)5-14-2/h3H,4-5H2,1-2H3,(H2,11,12,17). The van der Waals surface area contributed by atoms with E-state index in [2.05, 4.69) is 21.8 Å². The van der Waals surface area contributed by atoms with Crippen LogP contribution in [-0.4, -0.2) is 34.0 Å². The summed E-state index contributed by atoms with van der Waals surface area (Å²) in [5.74, 6) is 0.341. The number of methoxy groups -OCH3 is 2. The lowest BCUT2D eigenvalue weighted by molar-refractivity contribution is 0.169. The molecule has 0 saturated heterocycles. The third-order valence-corrected chi connectivity index (χ3v) is 2.23. The predicted molar refractivity (Wildman–Crippen MR) is 62.8 cm³/mol. The maximum absolute atomic E-state index is 9.05. The van der Waals surface area contributed by atoms with Crippen molar-refractivity contribution in [2.24, 2.45) is 0 Å². The van der Waals surface area contributed by atoms with Gasteiger partial charge >= 0.3 is 6.72 Å². The zero-order valence-corrected chi connectivity index (χ0v) is 11.1. The molecule has 0 atom stereocenters. The van der Waals surface area contributed by atoms with Crippen molar-refractivity contribution in [3.63, 3.8) is 0 Å². The first kappa shape index (κ1) is 14.4. The van der Waals surface area contributed by atoms with Gasteiger partial charge in [0.05, 0.1) is 12.3 Å². The van der Waals surface area contributed by atoms with E-state index in [9.17, 15) is 0 Å². The third-order valence-electron chi connectivity index (χ3n) is 1.58. The summed E-state index contributed by atoms with van der Waals surface area (Å²) >= 11 is 4.36. The Balaban J connectivity index is 2.98. The van der Waals surface area contributed by atoms with Gasteiger partial charge < -0.3 is 23.8 Å². The van der Waals surface area contributed by atoms with E-state index >= 15 is 0 Å². The molecule has 0 radical (unpaired) electrons. The molecule has 0 spiro atoms. The Morgan fingerprint density at radius 1 is 1.24 bits per heavy atom. The average Bonchev–Trinajstić information content (AvgIpc) is 2.15. The maximum atomic E-state index is 9.05. The summed E-state index contributed by atoms with van der Waals surface area (Å²) in [6.45, 7) is -3.38. The highest BCUT2D eigenvalue weighted by Crippen LogP contribution is 2.37. The number of ether oxygens (including phenoxy) is 2. The van der Waals surface area contributed by atoms with E-state index in [0.29, 0.717) is 11.5 Å². The number of hydrogen-bond acceptors (Lipinski definition) is 6. The third kappa shape index (κ3) is 5.49. The van der Waals surface area contributed by atoms with Crippen LogP contribution in [0.25, 0.3) is 0 Å². The Kier molecular flexibility index (Phi) is 5.38. The first-order valence-corrected chi connectivity index (χ1v) is 7.17. The van der Waals surface area contributed by atoms with Crippen LogP contribution in [-0.2, 0) is 34.5 Å². The van der Waals surface area contributed by atoms with Gasteiger partial charge in [-0.1, -0.05) is 0 Å². The normalized spacial score (nSPS) is 11.5. The molecule has 1 aromatic rings. The van der Waals surface area contributed by atoms with E-state index in [4.69, 9.17) is 23.8 Å². The first-order valence-electron chi connectivity index (χ1n) is 4.54. The molecule has 96 valence electrons. The largest absolute Gasteiger partial charge is 0.406 e. The van der Waals surface area contributed by atoms with Gasteiger partial charge in [0.15, 0.2) is 5.82 Å². The van der Waals surface area contributed by atoms with Crippen molar-refractivity contribution in [2.45, 2.75) is 13.2 Å². The average molecular weight is 280 g/mol. The van der Waals surface area contributed by atoms with Crippen LogP contribution in [0.4, 0.5) is 0 Å². The molecule has 1 heterocycles. The molecule has 2 N–H and O–H groups in total. The Bertz CT molecular complexity index is 400. The summed E-state index contributed by atoms with van der Waals surface area (Å²) in [7, 11) is 3.01. The van der Waals surface area contributed by atoms with Crippen molar-refractivity contribution < 1.29 is 23.8 Å². The summed E-state index contributed by atoms with van der Waals surface area (Å²) in [6.07, 6.45) is 0. The fourth-order valence-corrected chi connectivity index (χ4v) is 1.68. The number of aromatic nitrogens is 2. The lowest BCUT2D eigenvalue weighted by Crippen LogP contribution is -2.04. The molecule has 0 amide bonds. The van der Waals surface area contributed by atoms with Crippen LogP contribution >= 0.6 is 6.72 Å². The summed E-state index contributed by atoms with van der Waals surface area (Å²) in [6, 6.07) is 1.43. The van der Waals surface area contributed by atoms with Crippen molar-refractivity contribution >= 4 is 18.5 Å². The van der Waals surface area contributed by atoms with Gasteiger partial charge in [-0.2, -0.15) is 4.98 Å². The highest BCUT2D eigenvalue weighted by atomic mass is 32.5. The topological polar surface area (TPSA) is 93.9 Å². The Morgan fingerprint density at radius 2 is 1.88 bits per heavy atom. The SMILES string of the molecule is COCc1cc(OP(O)(O)=S)nc(COC)n1. The maximum Gasteiger partial charge on any atom is 0.376 e. The van der Waals surface area contributed by atoms with Crippen LogP contribution in [0.5, 0.6) is 5.88 Å². The quantitative estimate of drug-likeness (QED) is 0.721. The van der Waals surface area contributed by atoms with Crippen LogP contribution in [0.3, 0.4) is 0 Å². The molecule has 17 heavy (non-hydrogen) atoms. The van der Waals surface area contributed by atoms with E-state index < -0.39 is 6.72 Å². The summed E-state index contributed by atoms with van der Waals surface area (Å²) < 4.78 is 14.6. The zero-order chi connectivity index (χ0) is 12.9. The second-order valence-corrected chi connectivity index (χ2v) is 5.65. The van der Waals surface area contributed by atoms with E-state index in [0.717, 1.165) is 0 Å². The Hall–Kier alpha value is -0.630. The van der Waals surface area contributed by atoms with Crippen LogP contribution in [0.2, 0.25) is 0 Å². The van der Waals surface area contributed by atoms with Crippen molar-refractivity contribution in [3.05, 3.63) is 17.6 Å². The summed E-state index contributed by atoms with van der Waals surface area (Å²) in [5, 5.41) is 0. The van der Waals surface area contributed by atoms with Gasteiger partial charge in [-0.05, 0) is 0 Å². The molecular formula is C8H13N2O5PS. The number of hydrogen-bond donors (Lipinski definition) is 2. The van der Waals surface area contributed by atoms with Crippen LogP contribution in [0.1, 0.15) is 11.5 Å². The molecule has 0 aromatic carbocycles. The highest BCUT2D eigenvalue weighted by molar-refractivity contribution is 8.06. The molecular weight excluding hydrogens is 267 g/mol. The van der Waals surface area contributed by atoms with E-state index in [1.54, 1.807) is 0 Å². The minimum Gasteiger partial charge on any atom is -0.406 e. The molecule has 0 bridgehead atoms. The molecule has 0 aliphatic rings. The fourth-order valence-electron chi connectivity index (χ4n) is 1.11. The van der Waals surface area contributed by atoms with Gasteiger partial charge in [-0.15, -0.1) is 0 Å². The molecule has 9 heteroatoms. The van der Waals surface area contributed by atoms with E-state index in [1.165, 1.54) is 20.3 Å². The zero-order valence-electron chi connectivity index (χ0n) is 9.36. The molecule has 1 aromatic heterocycles. The van der Waals surface area contributed by atoms with Gasteiger partial charge in [0.1, 0.15) is 6.61 Å². The van der Waals surface area contributed by atoms with Gasteiger partial charge in [0.2, 0.25) is 5.88 Å². The second kappa shape index (κ2) is 6.34. The minimum absolute atomic E-state index is 0.00701. The predicted octanol–water partition coefficient (Wildman–Crippen LogP) is 0.357. The van der Waals surface area contributed by atoms with Crippen molar-refractivity contribution in [1.29, 1.82) is 0 Å². The lowest BCUT2D eigenvalue weighted by Gasteiger charge is -2.11. The second-order valence-electron chi connectivity index (χ2n) is 3.06. The molecule has 0 unspecified atom stereocenters. The van der Waals surface area contributed by atoms with Crippen LogP contribution in [0, 0.1) is 0 Å². The van der Waals surface area contributed by atoms with E-state index in [1.807, 2.05) is 0 Å². The fraction of sp³-hybridized carbons (Fsp3) is 0.500. The summed E-state index contributed by atoms with van der Waals surface area (Å²) in [5.41, 5.74) is 0.535. The first-order chi connectivity index (χ1) is 7.94. The smallest absolute Gasteiger partial charge is 0.376 e. The van der Waals surface area contributed by atoms with Gasteiger partial charge in [-0.25, -0.2) is 4.98 Å². The van der Waals surface area contributed by atoms with Gasteiger partial charge in [0.25, 0.3) is 0 Å². The summed E-state index contributed by atoms with van der Waals surface area (Å²) in [4.78, 5) is 26.1. The highest BCUT2D eigenvalue weighted by Gasteiger charge is 2.13. The van der Waals surface area contributed by atoms with Gasteiger partial charge in [-0.3, -0.25) is 0 Å². The molecule has 0 aliphatic carbocycles. The lowest BCUT2D eigenvalue weighted by atomic mass is 10.4. The van der Waals surface area contributed by atoms with Gasteiger partial charge in [0, 0.05) is 32.1 Å². The molecule has 7 nitrogen and oxygen atoms in total. The van der Waals surface area contributed by atoms with Crippen molar-refractivity contribution in [2.75, 3.05) is 14.2 Å². The Morgan fingerprint density at radius 3 is 2.41 bits per heavy atom. The molecule has 1 rings (SSSR count). The van der Waals surface area contributed by atoms with Crippen molar-refractivity contribution in [3.8, 4) is 5.88 Å². The monoisotopic (exact) mass is 280 g/mol. The number of rotatable bonds is 6. The number of nitrogens with zero attached hydrogens (tertiary/aromatic N) is 2. The molecule has 0 fully saturated rings. The Labute approximate surface area is 104 Å².